The van der Waals surface area contributed by atoms with Gasteiger partial charge in [-0.05, 0) is 38.7 Å². The fourth-order valence-electron chi connectivity index (χ4n) is 3.64. The fourth-order valence-corrected chi connectivity index (χ4v) is 3.64. The molecule has 0 bridgehead atoms. The molecule has 1 atom stereocenters. The monoisotopic (exact) mass is 374 g/mol. The lowest BCUT2D eigenvalue weighted by Gasteiger charge is -2.34. The number of likely N-dealkylation sites (tertiary alicyclic amines) is 1. The van der Waals surface area contributed by atoms with E-state index in [1.807, 2.05) is 26.8 Å². The lowest BCUT2D eigenvalue weighted by atomic mass is 9.87. The summed E-state index contributed by atoms with van der Waals surface area (Å²) in [5.74, 6) is 0.579. The van der Waals surface area contributed by atoms with Gasteiger partial charge < -0.3 is 14.4 Å². The Morgan fingerprint density at radius 1 is 1.30 bits per heavy atom. The van der Waals surface area contributed by atoms with Crippen LogP contribution in [0.5, 0.6) is 5.75 Å². The lowest BCUT2D eigenvalue weighted by molar-refractivity contribution is 0.0170. The molecule has 0 aliphatic carbocycles. The van der Waals surface area contributed by atoms with E-state index in [0.29, 0.717) is 30.8 Å². The second kappa shape index (κ2) is 6.50. The molecule has 0 aromatic carbocycles. The van der Waals surface area contributed by atoms with E-state index in [1.54, 1.807) is 11.1 Å². The smallest absolute Gasteiger partial charge is 0.410 e. The lowest BCUT2D eigenvalue weighted by Crippen LogP contribution is -2.46. The first-order valence-electron chi connectivity index (χ1n) is 9.55. The predicted octanol–water partition coefficient (Wildman–Crippen LogP) is 4.02. The summed E-state index contributed by atoms with van der Waals surface area (Å²) >= 11 is 0. The van der Waals surface area contributed by atoms with Crippen molar-refractivity contribution in [1.82, 2.24) is 9.88 Å². The first-order chi connectivity index (χ1) is 12.4. The maximum Gasteiger partial charge on any atom is 0.410 e. The number of pyridine rings is 1. The van der Waals surface area contributed by atoms with Gasteiger partial charge in [0.2, 0.25) is 0 Å². The van der Waals surface area contributed by atoms with Crippen molar-refractivity contribution in [2.24, 2.45) is 5.41 Å². The minimum atomic E-state index is -0.672. The number of carbonyl (C=O) groups excluding carboxylic acids is 2. The summed E-state index contributed by atoms with van der Waals surface area (Å²) in [5, 5.41) is 0. The van der Waals surface area contributed by atoms with Crippen LogP contribution in [0.25, 0.3) is 0 Å². The summed E-state index contributed by atoms with van der Waals surface area (Å²) in [4.78, 5) is 31.3. The van der Waals surface area contributed by atoms with Crippen molar-refractivity contribution >= 4 is 11.9 Å². The van der Waals surface area contributed by atoms with Crippen LogP contribution in [0.15, 0.2) is 12.3 Å². The molecule has 0 unspecified atom stereocenters. The highest BCUT2D eigenvalue weighted by atomic mass is 16.6. The molecular weight excluding hydrogens is 344 g/mol. The van der Waals surface area contributed by atoms with Crippen LogP contribution < -0.4 is 4.74 Å². The predicted molar refractivity (Wildman–Crippen MR) is 102 cm³/mol. The largest absolute Gasteiger partial charge is 0.482 e. The number of hydrogen-bond acceptors (Lipinski definition) is 5. The maximum absolute atomic E-state index is 12.8. The van der Waals surface area contributed by atoms with Crippen molar-refractivity contribution in [2.45, 2.75) is 72.0 Å². The topological polar surface area (TPSA) is 68.7 Å². The third-order valence-corrected chi connectivity index (χ3v) is 4.71. The molecule has 0 radical (unpaired) electrons. The van der Waals surface area contributed by atoms with Crippen LogP contribution in [0, 0.1) is 5.41 Å². The molecule has 2 aliphatic rings. The molecule has 3 rings (SSSR count). The molecule has 3 heterocycles. The summed E-state index contributed by atoms with van der Waals surface area (Å²) in [6, 6.07) is 1.86. The molecule has 0 N–H and O–H groups in total. The Labute approximate surface area is 161 Å². The van der Waals surface area contributed by atoms with E-state index in [-0.39, 0.29) is 23.7 Å². The van der Waals surface area contributed by atoms with Gasteiger partial charge in [0.05, 0.1) is 24.7 Å². The highest BCUT2D eigenvalue weighted by molar-refractivity contribution is 6.00. The highest BCUT2D eigenvalue weighted by Crippen LogP contribution is 2.39. The second-order valence-corrected chi connectivity index (χ2v) is 9.95. The molecule has 6 heteroatoms. The summed E-state index contributed by atoms with van der Waals surface area (Å²) in [7, 11) is 0. The SMILES string of the molecule is CC(C)(C)Cc1cc2c(cn1)O[C@@]1(CCN(C(=O)OC(C)(C)C)C1)CC2=O. The standard InChI is InChI=1S/C21H30N2O4/c1-19(2,3)10-14-9-15-16(24)11-21(26-17(15)12-22-14)7-8-23(13-21)18(25)27-20(4,5)6/h9,12H,7-8,10-11,13H2,1-6H3/t21-/m0/s1. The fraction of sp³-hybridized carbons (Fsp3) is 0.667. The Hall–Kier alpha value is -2.11. The van der Waals surface area contributed by atoms with Crippen LogP contribution >= 0.6 is 0 Å². The van der Waals surface area contributed by atoms with Gasteiger partial charge in [0.25, 0.3) is 0 Å². The van der Waals surface area contributed by atoms with Crippen molar-refractivity contribution in [3.63, 3.8) is 0 Å². The molecule has 1 aromatic heterocycles. The van der Waals surface area contributed by atoms with E-state index >= 15 is 0 Å². The van der Waals surface area contributed by atoms with E-state index in [0.717, 1.165) is 12.1 Å². The summed E-state index contributed by atoms with van der Waals surface area (Å²) in [6.45, 7) is 12.8. The second-order valence-electron chi connectivity index (χ2n) is 9.95. The van der Waals surface area contributed by atoms with E-state index in [4.69, 9.17) is 9.47 Å². The van der Waals surface area contributed by atoms with Crippen LogP contribution in [0.3, 0.4) is 0 Å². The summed E-state index contributed by atoms with van der Waals surface area (Å²) < 4.78 is 11.7. The molecule has 2 aliphatic heterocycles. The zero-order chi connectivity index (χ0) is 20.0. The Balaban J connectivity index is 1.75. The summed E-state index contributed by atoms with van der Waals surface area (Å²) in [5.41, 5.74) is 0.381. The van der Waals surface area contributed by atoms with Gasteiger partial charge in [0.1, 0.15) is 17.0 Å². The van der Waals surface area contributed by atoms with Crippen LogP contribution in [0.2, 0.25) is 0 Å². The van der Waals surface area contributed by atoms with Gasteiger partial charge in [0, 0.05) is 18.7 Å². The van der Waals surface area contributed by atoms with Crippen molar-refractivity contribution in [1.29, 1.82) is 0 Å². The number of Topliss-reactive ketones (excluding diaryl/α,β-unsaturated/α-hetero) is 1. The number of ketones is 1. The minimum Gasteiger partial charge on any atom is -0.482 e. The minimum absolute atomic E-state index is 0.0554. The third kappa shape index (κ3) is 4.60. The molecule has 148 valence electrons. The Morgan fingerprint density at radius 3 is 2.63 bits per heavy atom. The zero-order valence-corrected chi connectivity index (χ0v) is 17.2. The molecule has 1 amide bonds. The third-order valence-electron chi connectivity index (χ3n) is 4.71. The van der Waals surface area contributed by atoms with Gasteiger partial charge in [0.15, 0.2) is 5.78 Å². The molecule has 6 nitrogen and oxygen atoms in total. The number of hydrogen-bond donors (Lipinski definition) is 0. The Bertz CT molecular complexity index is 760. The molecule has 0 saturated carbocycles. The zero-order valence-electron chi connectivity index (χ0n) is 17.2. The van der Waals surface area contributed by atoms with Gasteiger partial charge in [-0.3, -0.25) is 9.78 Å². The number of amides is 1. The van der Waals surface area contributed by atoms with Crippen molar-refractivity contribution in [2.75, 3.05) is 13.1 Å². The number of carbonyl (C=O) groups is 2. The summed E-state index contributed by atoms with van der Waals surface area (Å²) in [6.07, 6.45) is 2.98. The first-order valence-corrected chi connectivity index (χ1v) is 9.55. The quantitative estimate of drug-likeness (QED) is 0.743. The van der Waals surface area contributed by atoms with Gasteiger partial charge in [-0.25, -0.2) is 4.79 Å². The van der Waals surface area contributed by atoms with Gasteiger partial charge in [-0.1, -0.05) is 20.8 Å². The van der Waals surface area contributed by atoms with Crippen LogP contribution in [-0.2, 0) is 11.2 Å². The molecular formula is C21H30N2O4. The van der Waals surface area contributed by atoms with Gasteiger partial charge in [-0.15, -0.1) is 0 Å². The number of ether oxygens (including phenoxy) is 2. The average Bonchev–Trinajstić information content (AvgIpc) is 2.88. The Morgan fingerprint density at radius 2 is 2.00 bits per heavy atom. The van der Waals surface area contributed by atoms with Crippen LogP contribution in [-0.4, -0.2) is 46.1 Å². The Kier molecular flexibility index (Phi) is 4.73. The van der Waals surface area contributed by atoms with Crippen molar-refractivity contribution in [3.05, 3.63) is 23.5 Å². The van der Waals surface area contributed by atoms with Gasteiger partial charge >= 0.3 is 6.09 Å². The van der Waals surface area contributed by atoms with Crippen LogP contribution in [0.4, 0.5) is 4.79 Å². The molecule has 27 heavy (non-hydrogen) atoms. The average molecular weight is 374 g/mol. The molecule has 1 spiro atoms. The number of rotatable bonds is 1. The first kappa shape index (κ1) is 19.6. The van der Waals surface area contributed by atoms with Crippen molar-refractivity contribution < 1.29 is 19.1 Å². The van der Waals surface area contributed by atoms with E-state index in [2.05, 4.69) is 25.8 Å². The number of nitrogens with zero attached hydrogens (tertiary/aromatic N) is 2. The van der Waals surface area contributed by atoms with E-state index in [1.165, 1.54) is 0 Å². The van der Waals surface area contributed by atoms with Crippen molar-refractivity contribution in [3.8, 4) is 5.75 Å². The van der Waals surface area contributed by atoms with Crippen LogP contribution in [0.1, 0.15) is 70.4 Å². The molecule has 1 saturated heterocycles. The highest BCUT2D eigenvalue weighted by Gasteiger charge is 2.48. The van der Waals surface area contributed by atoms with E-state index in [9.17, 15) is 9.59 Å². The molecule has 1 aromatic rings. The number of fused-ring (bicyclic) bond motifs is 1. The normalized spacial score (nSPS) is 22.6. The molecule has 1 fully saturated rings. The number of aromatic nitrogens is 1. The maximum atomic E-state index is 12.8. The van der Waals surface area contributed by atoms with Gasteiger partial charge in [-0.2, -0.15) is 0 Å². The van der Waals surface area contributed by atoms with E-state index < -0.39 is 11.2 Å².